The molecule has 0 heterocycles. The van der Waals surface area contributed by atoms with Crippen LogP contribution in [0.3, 0.4) is 0 Å². The van der Waals surface area contributed by atoms with Crippen LogP contribution >= 0.6 is 0 Å². The summed E-state index contributed by atoms with van der Waals surface area (Å²) in [6.07, 6.45) is 0.0236. The quantitative estimate of drug-likeness (QED) is 0.843. The highest BCUT2D eigenvalue weighted by atomic mass is 16.5. The Bertz CT molecular complexity index is 434. The third-order valence-corrected chi connectivity index (χ3v) is 2.30. The summed E-state index contributed by atoms with van der Waals surface area (Å²) in [6, 6.07) is 6.79. The van der Waals surface area contributed by atoms with E-state index in [0.29, 0.717) is 17.7 Å². The van der Waals surface area contributed by atoms with Crippen molar-refractivity contribution >= 4 is 5.97 Å². The van der Waals surface area contributed by atoms with Crippen LogP contribution in [0.5, 0.6) is 5.75 Å². The molecule has 4 heteroatoms. The van der Waals surface area contributed by atoms with Gasteiger partial charge in [-0.1, -0.05) is 13.0 Å². The number of hydrogen-bond acceptors (Lipinski definition) is 3. The van der Waals surface area contributed by atoms with Gasteiger partial charge in [-0.2, -0.15) is 5.26 Å². The van der Waals surface area contributed by atoms with E-state index >= 15 is 0 Å². The molecule has 1 rings (SSSR count). The third-order valence-electron chi connectivity index (χ3n) is 2.30. The van der Waals surface area contributed by atoms with Crippen molar-refractivity contribution in [3.05, 3.63) is 29.3 Å². The van der Waals surface area contributed by atoms with Crippen LogP contribution in [0.15, 0.2) is 18.2 Å². The summed E-state index contributed by atoms with van der Waals surface area (Å²) in [5, 5.41) is 17.7. The molecule has 0 spiro atoms. The van der Waals surface area contributed by atoms with E-state index in [1.165, 1.54) is 6.07 Å². The van der Waals surface area contributed by atoms with Gasteiger partial charge < -0.3 is 9.84 Å². The molecule has 0 aromatic heterocycles. The SMILES string of the molecule is CCC(C#N)Oc1cccc(C(=O)O)c1C. The first-order valence-corrected chi connectivity index (χ1v) is 4.99. The van der Waals surface area contributed by atoms with E-state index < -0.39 is 12.1 Å². The lowest BCUT2D eigenvalue weighted by Gasteiger charge is -2.13. The fourth-order valence-electron chi connectivity index (χ4n) is 1.33. The summed E-state index contributed by atoms with van der Waals surface area (Å²) < 4.78 is 5.41. The second kappa shape index (κ2) is 5.17. The zero-order valence-electron chi connectivity index (χ0n) is 9.23. The molecule has 1 aromatic rings. The minimum Gasteiger partial charge on any atom is -0.478 e. The van der Waals surface area contributed by atoms with Crippen LogP contribution in [0.4, 0.5) is 0 Å². The number of nitriles is 1. The Morgan fingerprint density at radius 3 is 2.81 bits per heavy atom. The van der Waals surface area contributed by atoms with Gasteiger partial charge in [0.2, 0.25) is 0 Å². The predicted octanol–water partition coefficient (Wildman–Crippen LogP) is 2.37. The second-order valence-electron chi connectivity index (χ2n) is 3.38. The first-order valence-electron chi connectivity index (χ1n) is 4.99. The van der Waals surface area contributed by atoms with Crippen molar-refractivity contribution in [2.75, 3.05) is 0 Å². The van der Waals surface area contributed by atoms with Crippen LogP contribution in [0.2, 0.25) is 0 Å². The Kier molecular flexibility index (Phi) is 3.90. The third kappa shape index (κ3) is 2.51. The number of carbonyl (C=O) groups is 1. The monoisotopic (exact) mass is 219 g/mol. The summed E-state index contributed by atoms with van der Waals surface area (Å²) in [4.78, 5) is 10.9. The maximum absolute atomic E-state index is 10.9. The molecule has 0 aliphatic rings. The minimum absolute atomic E-state index is 0.199. The Balaban J connectivity index is 3.02. The Hall–Kier alpha value is -2.02. The molecule has 0 saturated heterocycles. The largest absolute Gasteiger partial charge is 0.478 e. The molecule has 1 aromatic carbocycles. The molecule has 0 bridgehead atoms. The van der Waals surface area contributed by atoms with Gasteiger partial charge in [-0.05, 0) is 25.5 Å². The van der Waals surface area contributed by atoms with Gasteiger partial charge in [-0.15, -0.1) is 0 Å². The van der Waals surface area contributed by atoms with Gasteiger partial charge in [0.25, 0.3) is 0 Å². The molecular formula is C12H13NO3. The van der Waals surface area contributed by atoms with E-state index in [4.69, 9.17) is 15.1 Å². The number of rotatable bonds is 4. The fraction of sp³-hybridized carbons (Fsp3) is 0.333. The Labute approximate surface area is 94.1 Å². The number of nitrogens with zero attached hydrogens (tertiary/aromatic N) is 1. The second-order valence-corrected chi connectivity index (χ2v) is 3.38. The average Bonchev–Trinajstić information content (AvgIpc) is 2.27. The number of ether oxygens (including phenoxy) is 1. The zero-order valence-corrected chi connectivity index (χ0v) is 9.23. The first-order chi connectivity index (χ1) is 7.60. The molecule has 4 nitrogen and oxygen atoms in total. The molecule has 16 heavy (non-hydrogen) atoms. The van der Waals surface area contributed by atoms with Gasteiger partial charge in [0, 0.05) is 5.56 Å². The Morgan fingerprint density at radius 2 is 2.31 bits per heavy atom. The van der Waals surface area contributed by atoms with E-state index in [2.05, 4.69) is 0 Å². The minimum atomic E-state index is -0.993. The topological polar surface area (TPSA) is 70.3 Å². The maximum atomic E-state index is 10.9. The molecule has 0 radical (unpaired) electrons. The lowest BCUT2D eigenvalue weighted by molar-refractivity contribution is 0.0695. The normalized spacial score (nSPS) is 11.6. The van der Waals surface area contributed by atoms with E-state index in [1.54, 1.807) is 19.1 Å². The van der Waals surface area contributed by atoms with Gasteiger partial charge >= 0.3 is 5.97 Å². The van der Waals surface area contributed by atoms with Gasteiger partial charge in [0.05, 0.1) is 5.56 Å². The highest BCUT2D eigenvalue weighted by Crippen LogP contribution is 2.22. The van der Waals surface area contributed by atoms with Gasteiger partial charge in [-0.3, -0.25) is 0 Å². The first kappa shape index (κ1) is 12.1. The maximum Gasteiger partial charge on any atom is 0.336 e. The van der Waals surface area contributed by atoms with Gasteiger partial charge in [-0.25, -0.2) is 4.79 Å². The number of carboxylic acids is 1. The van der Waals surface area contributed by atoms with Crippen molar-refractivity contribution < 1.29 is 14.6 Å². The molecular weight excluding hydrogens is 206 g/mol. The van der Waals surface area contributed by atoms with Crippen molar-refractivity contribution in [3.8, 4) is 11.8 Å². The molecule has 84 valence electrons. The van der Waals surface area contributed by atoms with Crippen LogP contribution in [0, 0.1) is 18.3 Å². The van der Waals surface area contributed by atoms with Gasteiger partial charge in [0.1, 0.15) is 11.8 Å². The molecule has 0 saturated carbocycles. The highest BCUT2D eigenvalue weighted by molar-refractivity contribution is 5.90. The molecule has 0 amide bonds. The van der Waals surface area contributed by atoms with Crippen LogP contribution in [0.1, 0.15) is 29.3 Å². The van der Waals surface area contributed by atoms with Crippen LogP contribution in [-0.4, -0.2) is 17.2 Å². The lowest BCUT2D eigenvalue weighted by atomic mass is 10.1. The fourth-order valence-corrected chi connectivity index (χ4v) is 1.33. The van der Waals surface area contributed by atoms with Crippen molar-refractivity contribution in [2.24, 2.45) is 0 Å². The van der Waals surface area contributed by atoms with Crippen LogP contribution in [0.25, 0.3) is 0 Å². The molecule has 0 aliphatic heterocycles. The number of carboxylic acid groups (broad SMARTS) is 1. The van der Waals surface area contributed by atoms with Crippen molar-refractivity contribution in [3.63, 3.8) is 0 Å². The zero-order chi connectivity index (χ0) is 12.1. The average molecular weight is 219 g/mol. The number of aromatic carboxylic acids is 1. The van der Waals surface area contributed by atoms with Crippen LogP contribution in [-0.2, 0) is 0 Å². The van der Waals surface area contributed by atoms with Crippen molar-refractivity contribution in [2.45, 2.75) is 26.4 Å². The molecule has 1 unspecified atom stereocenters. The molecule has 0 fully saturated rings. The molecule has 1 atom stereocenters. The summed E-state index contributed by atoms with van der Waals surface area (Å²) in [7, 11) is 0. The highest BCUT2D eigenvalue weighted by Gasteiger charge is 2.13. The molecule has 1 N–H and O–H groups in total. The van der Waals surface area contributed by atoms with Crippen molar-refractivity contribution in [1.29, 1.82) is 5.26 Å². The summed E-state index contributed by atoms with van der Waals surface area (Å²) in [6.45, 7) is 3.51. The lowest BCUT2D eigenvalue weighted by Crippen LogP contribution is -2.13. The van der Waals surface area contributed by atoms with E-state index in [0.717, 1.165) is 0 Å². The molecule has 0 aliphatic carbocycles. The number of hydrogen-bond donors (Lipinski definition) is 1. The van der Waals surface area contributed by atoms with Gasteiger partial charge in [0.15, 0.2) is 6.10 Å². The standard InChI is InChI=1S/C12H13NO3/c1-3-9(7-13)16-11-6-4-5-10(8(11)2)12(14)15/h4-6,9H,3H2,1-2H3,(H,14,15). The van der Waals surface area contributed by atoms with Crippen molar-refractivity contribution in [1.82, 2.24) is 0 Å². The number of benzene rings is 1. The van der Waals surface area contributed by atoms with Crippen LogP contribution < -0.4 is 4.74 Å². The summed E-state index contributed by atoms with van der Waals surface area (Å²) >= 11 is 0. The van der Waals surface area contributed by atoms with E-state index in [1.807, 2.05) is 13.0 Å². The summed E-state index contributed by atoms with van der Waals surface area (Å²) in [5.74, 6) is -0.541. The van der Waals surface area contributed by atoms with E-state index in [9.17, 15) is 4.79 Å². The Morgan fingerprint density at radius 1 is 1.62 bits per heavy atom. The van der Waals surface area contributed by atoms with E-state index in [-0.39, 0.29) is 5.56 Å². The smallest absolute Gasteiger partial charge is 0.336 e. The predicted molar refractivity (Wildman–Crippen MR) is 58.5 cm³/mol. The summed E-state index contributed by atoms with van der Waals surface area (Å²) in [5.41, 5.74) is 0.744.